The maximum atomic E-state index is 12.5. The first-order valence-electron chi connectivity index (χ1n) is 9.82. The number of H-pyrrole nitrogens is 1. The number of esters is 1. The lowest BCUT2D eigenvalue weighted by molar-refractivity contribution is -0.146. The second-order valence-electron chi connectivity index (χ2n) is 7.56. The largest absolute Gasteiger partial charge is 0.469 e. The first-order chi connectivity index (χ1) is 14.5. The quantitative estimate of drug-likeness (QED) is 0.196. The zero-order valence-electron chi connectivity index (χ0n) is 16.9. The number of carbonyl (C=O) groups is 1. The van der Waals surface area contributed by atoms with Crippen molar-refractivity contribution in [3.8, 4) is 0 Å². The van der Waals surface area contributed by atoms with E-state index in [0.29, 0.717) is 12.0 Å². The van der Waals surface area contributed by atoms with Crippen molar-refractivity contribution in [2.75, 3.05) is 7.11 Å². The summed E-state index contributed by atoms with van der Waals surface area (Å²) >= 11 is 0. The van der Waals surface area contributed by atoms with Crippen molar-refractivity contribution in [3.05, 3.63) is 65.5 Å². The van der Waals surface area contributed by atoms with Crippen LogP contribution in [0.15, 0.2) is 48.8 Å². The number of fused-ring (bicyclic) bond motifs is 1. The first-order valence-corrected chi connectivity index (χ1v) is 9.82. The maximum absolute atomic E-state index is 12.5. The highest BCUT2D eigenvalue weighted by Crippen LogP contribution is 2.38. The van der Waals surface area contributed by atoms with Crippen molar-refractivity contribution in [3.63, 3.8) is 0 Å². The minimum Gasteiger partial charge on any atom is -0.469 e. The molecule has 8 nitrogen and oxygen atoms in total. The van der Waals surface area contributed by atoms with Crippen LogP contribution in [0.4, 0.5) is 0 Å². The van der Waals surface area contributed by atoms with E-state index >= 15 is 0 Å². The maximum Gasteiger partial charge on any atom is 0.310 e. The predicted octanol–water partition coefficient (Wildman–Crippen LogP) is 2.25. The van der Waals surface area contributed by atoms with Crippen LogP contribution in [0.3, 0.4) is 0 Å². The SMILES string of the molecule is COC(=O)C(Cc1cccc(C(=N)N)c1)C(C)N[C@@H]1OC1c1ccc2nc[nH]c2c1. The topological polar surface area (TPSA) is 129 Å². The molecular formula is C22H25N5O3. The van der Waals surface area contributed by atoms with E-state index in [2.05, 4.69) is 15.3 Å². The van der Waals surface area contributed by atoms with Crippen molar-refractivity contribution in [1.29, 1.82) is 5.41 Å². The summed E-state index contributed by atoms with van der Waals surface area (Å²) in [6.45, 7) is 1.95. The molecule has 156 valence electrons. The Kier molecular flexibility index (Phi) is 5.52. The Bertz CT molecular complexity index is 1080. The molecule has 1 aliphatic rings. The molecule has 3 aromatic rings. The van der Waals surface area contributed by atoms with Gasteiger partial charge < -0.3 is 20.2 Å². The van der Waals surface area contributed by atoms with Crippen molar-refractivity contribution >= 4 is 22.8 Å². The van der Waals surface area contributed by atoms with Gasteiger partial charge in [-0.2, -0.15) is 0 Å². The number of rotatable bonds is 8. The number of nitrogens with zero attached hydrogens (tertiary/aromatic N) is 1. The van der Waals surface area contributed by atoms with E-state index in [4.69, 9.17) is 20.6 Å². The molecule has 1 aromatic heterocycles. The lowest BCUT2D eigenvalue weighted by Gasteiger charge is -2.22. The monoisotopic (exact) mass is 407 g/mol. The molecule has 2 heterocycles. The van der Waals surface area contributed by atoms with Crippen molar-refractivity contribution < 1.29 is 14.3 Å². The second-order valence-corrected chi connectivity index (χ2v) is 7.56. The van der Waals surface area contributed by atoms with Gasteiger partial charge in [-0.3, -0.25) is 15.5 Å². The zero-order chi connectivity index (χ0) is 21.3. The molecule has 5 N–H and O–H groups in total. The number of aromatic nitrogens is 2. The number of hydrogen-bond donors (Lipinski definition) is 4. The number of imidazole rings is 1. The summed E-state index contributed by atoms with van der Waals surface area (Å²) in [7, 11) is 1.39. The molecule has 30 heavy (non-hydrogen) atoms. The summed E-state index contributed by atoms with van der Waals surface area (Å²) in [6.07, 6.45) is 1.90. The molecule has 0 radical (unpaired) electrons. The van der Waals surface area contributed by atoms with Crippen molar-refractivity contribution in [2.45, 2.75) is 31.7 Å². The van der Waals surface area contributed by atoms with Gasteiger partial charge >= 0.3 is 5.97 Å². The average molecular weight is 407 g/mol. The Hall–Kier alpha value is -3.23. The zero-order valence-corrected chi connectivity index (χ0v) is 16.9. The summed E-state index contributed by atoms with van der Waals surface area (Å²) in [5, 5.41) is 11.0. The van der Waals surface area contributed by atoms with E-state index in [1.54, 1.807) is 12.4 Å². The van der Waals surface area contributed by atoms with Gasteiger partial charge in [-0.15, -0.1) is 0 Å². The third-order valence-electron chi connectivity index (χ3n) is 5.49. The number of nitrogens with one attached hydrogen (secondary N) is 3. The number of nitrogen functional groups attached to an aromatic ring is 1. The number of nitrogens with two attached hydrogens (primary N) is 1. The fourth-order valence-corrected chi connectivity index (χ4v) is 3.73. The highest BCUT2D eigenvalue weighted by Gasteiger charge is 2.42. The van der Waals surface area contributed by atoms with Crippen LogP contribution >= 0.6 is 0 Å². The smallest absolute Gasteiger partial charge is 0.310 e. The van der Waals surface area contributed by atoms with Gasteiger partial charge in [-0.25, -0.2) is 4.98 Å². The van der Waals surface area contributed by atoms with Crippen LogP contribution in [0, 0.1) is 11.3 Å². The Morgan fingerprint density at radius 2 is 2.20 bits per heavy atom. The van der Waals surface area contributed by atoms with Crippen LogP contribution in [-0.4, -0.2) is 41.2 Å². The molecule has 0 amide bonds. The molecule has 1 fully saturated rings. The lowest BCUT2D eigenvalue weighted by Crippen LogP contribution is -2.41. The summed E-state index contributed by atoms with van der Waals surface area (Å²) < 4.78 is 10.9. The molecule has 0 spiro atoms. The minimum absolute atomic E-state index is 0.00102. The normalized spacial score (nSPS) is 19.9. The molecular weight excluding hydrogens is 382 g/mol. The standard InChI is InChI=1S/C22H25N5O3/c1-12(16(22(28)29-2)9-13-4-3-5-15(8-13)20(23)24)27-21-19(30-21)14-6-7-17-18(10-14)26-11-25-17/h3-8,10-12,16,19,21,27H,9H2,1-2H3,(H3,23,24)(H,25,26)/t12?,16?,19?,21-/m1/s1. The number of ether oxygens (including phenoxy) is 2. The fourth-order valence-electron chi connectivity index (χ4n) is 3.73. The van der Waals surface area contributed by atoms with E-state index in [1.165, 1.54) is 7.11 Å². The number of carbonyl (C=O) groups excluding carboxylic acids is 1. The summed E-state index contributed by atoms with van der Waals surface area (Å²) in [6, 6.07) is 13.2. The number of epoxide rings is 1. The van der Waals surface area contributed by atoms with E-state index in [0.717, 1.165) is 22.2 Å². The van der Waals surface area contributed by atoms with Crippen LogP contribution in [0.1, 0.15) is 29.7 Å². The van der Waals surface area contributed by atoms with E-state index in [1.807, 2.05) is 43.3 Å². The first kappa shape index (κ1) is 20.1. The van der Waals surface area contributed by atoms with Gasteiger partial charge in [0.05, 0.1) is 30.4 Å². The van der Waals surface area contributed by atoms with Gasteiger partial charge in [0.2, 0.25) is 0 Å². The Balaban J connectivity index is 1.44. The van der Waals surface area contributed by atoms with Crippen LogP contribution in [0.25, 0.3) is 11.0 Å². The number of benzene rings is 2. The Labute approximate surface area is 174 Å². The van der Waals surface area contributed by atoms with Crippen LogP contribution in [0.2, 0.25) is 0 Å². The summed E-state index contributed by atoms with van der Waals surface area (Å²) in [5.74, 6) is -0.697. The lowest BCUT2D eigenvalue weighted by atomic mass is 9.92. The molecule has 8 heteroatoms. The van der Waals surface area contributed by atoms with E-state index < -0.39 is 5.92 Å². The Morgan fingerprint density at radius 1 is 1.37 bits per heavy atom. The molecule has 4 atom stereocenters. The number of aromatic amines is 1. The van der Waals surface area contributed by atoms with E-state index in [-0.39, 0.29) is 30.2 Å². The molecule has 4 rings (SSSR count). The molecule has 2 aromatic carbocycles. The fraction of sp³-hybridized carbons (Fsp3) is 0.318. The van der Waals surface area contributed by atoms with Gasteiger partial charge in [-0.05, 0) is 42.7 Å². The predicted molar refractivity (Wildman–Crippen MR) is 113 cm³/mol. The Morgan fingerprint density at radius 3 is 2.97 bits per heavy atom. The van der Waals surface area contributed by atoms with Crippen LogP contribution in [-0.2, 0) is 20.7 Å². The van der Waals surface area contributed by atoms with Crippen molar-refractivity contribution in [1.82, 2.24) is 15.3 Å². The minimum atomic E-state index is -0.405. The van der Waals surface area contributed by atoms with Gasteiger partial charge in [0.25, 0.3) is 0 Å². The number of hydrogen-bond acceptors (Lipinski definition) is 6. The molecule has 1 aliphatic heterocycles. The molecule has 1 saturated heterocycles. The molecule has 0 aliphatic carbocycles. The number of methoxy groups -OCH3 is 1. The van der Waals surface area contributed by atoms with Gasteiger partial charge in [0, 0.05) is 11.6 Å². The number of amidine groups is 1. The third kappa shape index (κ3) is 4.19. The molecule has 0 bridgehead atoms. The third-order valence-corrected chi connectivity index (χ3v) is 5.49. The second kappa shape index (κ2) is 8.25. The average Bonchev–Trinajstić information content (AvgIpc) is 3.35. The van der Waals surface area contributed by atoms with Crippen LogP contribution < -0.4 is 11.1 Å². The van der Waals surface area contributed by atoms with Gasteiger partial charge in [-0.1, -0.05) is 24.3 Å². The highest BCUT2D eigenvalue weighted by molar-refractivity contribution is 5.95. The molecule has 0 saturated carbocycles. The van der Waals surface area contributed by atoms with E-state index in [9.17, 15) is 4.79 Å². The van der Waals surface area contributed by atoms with Gasteiger partial charge in [0.1, 0.15) is 18.2 Å². The summed E-state index contributed by atoms with van der Waals surface area (Å²) in [4.78, 5) is 19.8. The van der Waals surface area contributed by atoms with Crippen molar-refractivity contribution in [2.24, 2.45) is 11.7 Å². The van der Waals surface area contributed by atoms with Crippen LogP contribution in [0.5, 0.6) is 0 Å². The van der Waals surface area contributed by atoms with Gasteiger partial charge in [0.15, 0.2) is 0 Å². The molecule has 3 unspecified atom stereocenters. The highest BCUT2D eigenvalue weighted by atomic mass is 16.6. The summed E-state index contributed by atoms with van der Waals surface area (Å²) in [5.41, 5.74) is 10.1.